The zero-order chi connectivity index (χ0) is 39.5. The number of fused-ring (bicyclic) bond motifs is 6. The van der Waals surface area contributed by atoms with E-state index < -0.39 is 11.7 Å². The number of hydrogen-bond donors (Lipinski definition) is 0. The van der Waals surface area contributed by atoms with Crippen LogP contribution >= 0.6 is 0 Å². The number of benzene rings is 6. The van der Waals surface area contributed by atoms with Crippen LogP contribution in [0.3, 0.4) is 0 Å². The average Bonchev–Trinajstić information content (AvgIpc) is 3.78. The van der Waals surface area contributed by atoms with Crippen molar-refractivity contribution in [3.63, 3.8) is 0 Å². The molecule has 274 valence electrons. The highest BCUT2D eigenvalue weighted by Crippen LogP contribution is 2.44. The van der Waals surface area contributed by atoms with E-state index in [4.69, 9.17) is 6.57 Å². The molecule has 0 aliphatic rings. The Morgan fingerprint density at radius 3 is 1.57 bits per heavy atom. The predicted molar refractivity (Wildman–Crippen MR) is 219 cm³/mol. The maximum atomic E-state index is 14.6. The normalized spacial score (nSPS) is 11.7. The van der Waals surface area contributed by atoms with Crippen LogP contribution in [-0.2, 0) is 6.18 Å². The number of hydrogen-bond acceptors (Lipinski definition) is 5. The molecule has 0 atom stereocenters. The first-order valence-electron chi connectivity index (χ1n) is 18.1. The molecule has 0 saturated carbocycles. The highest BCUT2D eigenvalue weighted by atomic mass is 19.4. The zero-order valence-electron chi connectivity index (χ0n) is 30.1. The molecule has 11 heteroatoms. The van der Waals surface area contributed by atoms with Gasteiger partial charge < -0.3 is 9.13 Å². The van der Waals surface area contributed by atoms with E-state index in [2.05, 4.69) is 30.9 Å². The van der Waals surface area contributed by atoms with Crippen molar-refractivity contribution < 1.29 is 13.2 Å². The Hall–Kier alpha value is -8.15. The fourth-order valence-corrected chi connectivity index (χ4v) is 7.90. The van der Waals surface area contributed by atoms with E-state index in [0.29, 0.717) is 28.6 Å². The fraction of sp³-hybridized carbons (Fsp3) is 0.0213. The van der Waals surface area contributed by atoms with Crippen LogP contribution in [0.15, 0.2) is 152 Å². The number of alkyl halides is 3. The molecular formula is C47H25F3N8. The van der Waals surface area contributed by atoms with Crippen LogP contribution in [0, 0.1) is 17.9 Å². The average molecular weight is 759 g/mol. The molecule has 0 bridgehead atoms. The van der Waals surface area contributed by atoms with Crippen molar-refractivity contribution in [3.05, 3.63) is 175 Å². The minimum Gasteiger partial charge on any atom is -0.309 e. The molecule has 0 aliphatic carbocycles. The molecule has 0 spiro atoms. The summed E-state index contributed by atoms with van der Waals surface area (Å²) in [4.78, 5) is 21.3. The van der Waals surface area contributed by atoms with Gasteiger partial charge >= 0.3 is 6.18 Å². The lowest BCUT2D eigenvalue weighted by Crippen LogP contribution is -2.06. The van der Waals surface area contributed by atoms with Crippen molar-refractivity contribution in [1.82, 2.24) is 29.1 Å². The maximum Gasteiger partial charge on any atom is 0.415 e. The Bertz CT molecular complexity index is 3360. The van der Waals surface area contributed by atoms with E-state index in [9.17, 15) is 18.4 Å². The van der Waals surface area contributed by atoms with Crippen molar-refractivity contribution >= 4 is 49.3 Å². The molecule has 0 N–H and O–H groups in total. The van der Waals surface area contributed by atoms with Crippen molar-refractivity contribution in [2.75, 3.05) is 0 Å². The molecule has 8 nitrogen and oxygen atoms in total. The summed E-state index contributed by atoms with van der Waals surface area (Å²) in [5.41, 5.74) is 5.08. The molecule has 10 rings (SSSR count). The Kier molecular flexibility index (Phi) is 7.85. The predicted octanol–water partition coefficient (Wildman–Crippen LogP) is 11.9. The van der Waals surface area contributed by atoms with Gasteiger partial charge in [0.2, 0.25) is 0 Å². The standard InChI is InChI=1S/C47H25F3N8/c1-52-33-21-30(20-32(25-33)47(48,49)50)38-26-41(57-39-10-4-2-8-34(39)36-14-12-28(22-42(36)57)45-53-16-6-17-54-45)31(27-51)24-44(38)58-40-11-5-3-9-35(40)37-15-13-29(23-43(37)58)46-55-18-7-19-56-46/h2-26H. The SMILES string of the molecule is [C-]#[N+]c1cc(-c2cc(-n3c4ccccc4c4ccc(-c5ncccn5)cc43)c(C#N)cc2-n2c3ccccc3c3ccc(-c4ncccn4)cc32)cc(C(F)(F)F)c1. The lowest BCUT2D eigenvalue weighted by Gasteiger charge is -2.20. The number of nitriles is 1. The molecule has 0 aliphatic heterocycles. The summed E-state index contributed by atoms with van der Waals surface area (Å²) < 4.78 is 47.6. The molecular weight excluding hydrogens is 734 g/mol. The third-order valence-electron chi connectivity index (χ3n) is 10.4. The highest BCUT2D eigenvalue weighted by Gasteiger charge is 2.32. The minimum atomic E-state index is -4.73. The molecule has 58 heavy (non-hydrogen) atoms. The Morgan fingerprint density at radius 2 is 1.05 bits per heavy atom. The van der Waals surface area contributed by atoms with E-state index in [1.807, 2.05) is 94.1 Å². The first kappa shape index (κ1) is 34.3. The largest absolute Gasteiger partial charge is 0.415 e. The van der Waals surface area contributed by atoms with Crippen LogP contribution in [-0.4, -0.2) is 29.1 Å². The van der Waals surface area contributed by atoms with Gasteiger partial charge in [0.15, 0.2) is 17.3 Å². The molecule has 6 aromatic carbocycles. The van der Waals surface area contributed by atoms with E-state index in [-0.39, 0.29) is 16.8 Å². The summed E-state index contributed by atoms with van der Waals surface area (Å²) in [5, 5.41) is 14.6. The van der Waals surface area contributed by atoms with Gasteiger partial charge in [0.25, 0.3) is 0 Å². The van der Waals surface area contributed by atoms with E-state index in [1.165, 1.54) is 6.07 Å². The van der Waals surface area contributed by atoms with Gasteiger partial charge in [-0.05, 0) is 72.3 Å². The summed E-state index contributed by atoms with van der Waals surface area (Å²) >= 11 is 0. The van der Waals surface area contributed by atoms with Crippen LogP contribution in [0.1, 0.15) is 11.1 Å². The van der Waals surface area contributed by atoms with E-state index in [1.54, 1.807) is 49.1 Å². The van der Waals surface area contributed by atoms with Crippen molar-refractivity contribution in [2.45, 2.75) is 6.18 Å². The smallest absolute Gasteiger partial charge is 0.309 e. The Balaban J connectivity index is 1.34. The summed E-state index contributed by atoms with van der Waals surface area (Å²) in [6.45, 7) is 7.79. The minimum absolute atomic E-state index is 0.161. The second-order valence-corrected chi connectivity index (χ2v) is 13.7. The van der Waals surface area contributed by atoms with Gasteiger partial charge in [0, 0.05) is 68.6 Å². The second kappa shape index (κ2) is 13.3. The molecule has 4 heterocycles. The van der Waals surface area contributed by atoms with Crippen molar-refractivity contribution in [2.24, 2.45) is 0 Å². The van der Waals surface area contributed by atoms with Gasteiger partial charge in [-0.3, -0.25) is 0 Å². The second-order valence-electron chi connectivity index (χ2n) is 13.7. The van der Waals surface area contributed by atoms with Crippen LogP contribution in [0.25, 0.3) is 93.7 Å². The van der Waals surface area contributed by atoms with E-state index >= 15 is 0 Å². The lowest BCUT2D eigenvalue weighted by molar-refractivity contribution is -0.137. The van der Waals surface area contributed by atoms with Crippen molar-refractivity contribution in [3.8, 4) is 51.3 Å². The quantitative estimate of drug-likeness (QED) is 0.163. The fourth-order valence-electron chi connectivity index (χ4n) is 7.90. The molecule has 0 saturated heterocycles. The Morgan fingerprint density at radius 1 is 0.534 bits per heavy atom. The number of aromatic nitrogens is 6. The topological polar surface area (TPSA) is 89.6 Å². The van der Waals surface area contributed by atoms with Gasteiger partial charge in [-0.1, -0.05) is 60.7 Å². The third-order valence-corrected chi connectivity index (χ3v) is 10.4. The molecule has 0 amide bonds. The first-order valence-corrected chi connectivity index (χ1v) is 18.1. The summed E-state index contributed by atoms with van der Waals surface area (Å²) in [6, 6.07) is 40.1. The van der Waals surface area contributed by atoms with Gasteiger partial charge in [-0.2, -0.15) is 18.4 Å². The molecule has 10 aromatic rings. The molecule has 0 fully saturated rings. The van der Waals surface area contributed by atoms with Crippen LogP contribution in [0.4, 0.5) is 18.9 Å². The van der Waals surface area contributed by atoms with Gasteiger partial charge in [-0.25, -0.2) is 24.8 Å². The highest BCUT2D eigenvalue weighted by molar-refractivity contribution is 6.12. The van der Waals surface area contributed by atoms with Crippen molar-refractivity contribution in [1.29, 1.82) is 5.26 Å². The van der Waals surface area contributed by atoms with Crippen LogP contribution in [0.5, 0.6) is 0 Å². The first-order chi connectivity index (χ1) is 28.3. The lowest BCUT2D eigenvalue weighted by atomic mass is 9.96. The third kappa shape index (κ3) is 5.53. The number of nitrogens with zero attached hydrogens (tertiary/aromatic N) is 8. The maximum absolute atomic E-state index is 14.6. The molecule has 4 aromatic heterocycles. The number of halogens is 3. The zero-order valence-corrected chi connectivity index (χ0v) is 30.1. The van der Waals surface area contributed by atoms with Gasteiger partial charge in [-0.15, -0.1) is 0 Å². The summed E-state index contributed by atoms with van der Waals surface area (Å²) in [6.07, 6.45) is 1.91. The molecule has 0 radical (unpaired) electrons. The Labute approximate surface area is 328 Å². The van der Waals surface area contributed by atoms with E-state index in [0.717, 1.165) is 66.9 Å². The molecule has 0 unspecified atom stereocenters. The summed E-state index contributed by atoms with van der Waals surface area (Å²) in [7, 11) is 0. The summed E-state index contributed by atoms with van der Waals surface area (Å²) in [5.74, 6) is 1.01. The van der Waals surface area contributed by atoms with Gasteiger partial charge in [0.1, 0.15) is 6.07 Å². The van der Waals surface area contributed by atoms with Gasteiger partial charge in [0.05, 0.1) is 45.6 Å². The number of para-hydroxylation sites is 2. The van der Waals surface area contributed by atoms with Crippen LogP contribution < -0.4 is 0 Å². The number of rotatable bonds is 5. The van der Waals surface area contributed by atoms with Crippen LogP contribution in [0.2, 0.25) is 0 Å². The monoisotopic (exact) mass is 758 g/mol.